The zero-order valence-corrected chi connectivity index (χ0v) is 12.9. The predicted molar refractivity (Wildman–Crippen MR) is 82.8 cm³/mol. The molecule has 0 aromatic heterocycles. The van der Waals surface area contributed by atoms with Gasteiger partial charge in [0.25, 0.3) is 0 Å². The molecular weight excluding hydrogens is 252 g/mol. The Morgan fingerprint density at radius 1 is 1.26 bits per heavy atom. The second-order valence-corrected chi connectivity index (χ2v) is 6.82. The fraction of sp³-hybridized carbons (Fsp3) is 0.562. The zero-order valence-electron chi connectivity index (χ0n) is 12.1. The van der Waals surface area contributed by atoms with E-state index in [1.54, 1.807) is 11.8 Å². The molecule has 1 aromatic carbocycles. The van der Waals surface area contributed by atoms with Crippen LogP contribution in [0.2, 0.25) is 0 Å². The van der Waals surface area contributed by atoms with Gasteiger partial charge in [0.15, 0.2) is 0 Å². The minimum atomic E-state index is 0.429. The van der Waals surface area contributed by atoms with Crippen molar-refractivity contribution in [2.24, 2.45) is 5.41 Å². The van der Waals surface area contributed by atoms with Gasteiger partial charge in [-0.1, -0.05) is 19.9 Å². The molecule has 2 nitrogen and oxygen atoms in total. The average Bonchev–Trinajstić information content (AvgIpc) is 2.58. The zero-order chi connectivity index (χ0) is 13.9. The van der Waals surface area contributed by atoms with Crippen molar-refractivity contribution in [1.29, 1.82) is 5.26 Å². The molecular formula is C16H22N2S. The van der Waals surface area contributed by atoms with E-state index in [1.165, 1.54) is 19.3 Å². The highest BCUT2D eigenvalue weighted by molar-refractivity contribution is 7.98. The van der Waals surface area contributed by atoms with Crippen LogP contribution in [-0.2, 0) is 0 Å². The number of thioether (sulfide) groups is 1. The third-order valence-corrected chi connectivity index (χ3v) is 4.80. The van der Waals surface area contributed by atoms with Crippen LogP contribution in [0.4, 0.5) is 5.69 Å². The molecule has 1 fully saturated rings. The molecule has 1 aliphatic heterocycles. The number of anilines is 1. The first-order valence-electron chi connectivity index (χ1n) is 6.89. The summed E-state index contributed by atoms with van der Waals surface area (Å²) in [5, 5.41) is 9.44. The van der Waals surface area contributed by atoms with E-state index in [0.29, 0.717) is 5.41 Å². The Labute approximate surface area is 120 Å². The molecule has 0 spiro atoms. The van der Waals surface area contributed by atoms with Crippen LogP contribution in [0.1, 0.15) is 38.7 Å². The summed E-state index contributed by atoms with van der Waals surface area (Å²) in [4.78, 5) is 3.48. The molecule has 102 valence electrons. The summed E-state index contributed by atoms with van der Waals surface area (Å²) in [6, 6.07) is 8.59. The van der Waals surface area contributed by atoms with Gasteiger partial charge >= 0.3 is 0 Å². The monoisotopic (exact) mass is 274 g/mol. The van der Waals surface area contributed by atoms with Gasteiger partial charge in [0.2, 0.25) is 0 Å². The van der Waals surface area contributed by atoms with Gasteiger partial charge < -0.3 is 4.90 Å². The van der Waals surface area contributed by atoms with Crippen LogP contribution >= 0.6 is 11.8 Å². The molecule has 1 aromatic rings. The van der Waals surface area contributed by atoms with Gasteiger partial charge in [0.05, 0.1) is 11.3 Å². The topological polar surface area (TPSA) is 27.0 Å². The molecule has 0 radical (unpaired) electrons. The summed E-state index contributed by atoms with van der Waals surface area (Å²) in [7, 11) is 0. The van der Waals surface area contributed by atoms with Gasteiger partial charge in [-0.2, -0.15) is 5.26 Å². The van der Waals surface area contributed by atoms with Crippen LogP contribution < -0.4 is 4.90 Å². The Kier molecular flexibility index (Phi) is 4.42. The molecule has 2 rings (SSSR count). The van der Waals surface area contributed by atoms with Gasteiger partial charge in [-0.3, -0.25) is 0 Å². The summed E-state index contributed by atoms with van der Waals surface area (Å²) in [5.74, 6) is 0. The van der Waals surface area contributed by atoms with Crippen molar-refractivity contribution in [3.05, 3.63) is 23.8 Å². The molecule has 3 heteroatoms. The third-order valence-electron chi connectivity index (χ3n) is 4.02. The van der Waals surface area contributed by atoms with E-state index in [9.17, 15) is 5.26 Å². The highest BCUT2D eigenvalue weighted by atomic mass is 32.2. The van der Waals surface area contributed by atoms with Crippen molar-refractivity contribution in [3.8, 4) is 6.07 Å². The van der Waals surface area contributed by atoms with Gasteiger partial charge in [0, 0.05) is 18.0 Å². The van der Waals surface area contributed by atoms with Gasteiger partial charge in [-0.15, -0.1) is 11.8 Å². The number of hydrogen-bond donors (Lipinski definition) is 0. The lowest BCUT2D eigenvalue weighted by atomic mass is 9.85. The third kappa shape index (κ3) is 3.25. The number of nitrogens with zero attached hydrogens (tertiary/aromatic N) is 2. The molecule has 19 heavy (non-hydrogen) atoms. The first-order valence-corrected chi connectivity index (χ1v) is 8.12. The molecule has 0 N–H and O–H groups in total. The molecule has 0 amide bonds. The van der Waals surface area contributed by atoms with Crippen molar-refractivity contribution >= 4 is 17.4 Å². The Morgan fingerprint density at radius 2 is 2.05 bits per heavy atom. The molecule has 1 saturated heterocycles. The summed E-state index contributed by atoms with van der Waals surface area (Å²) in [6.07, 6.45) is 5.71. The fourth-order valence-corrected chi connectivity index (χ4v) is 3.30. The molecule has 0 unspecified atom stereocenters. The van der Waals surface area contributed by atoms with Crippen LogP contribution in [0.3, 0.4) is 0 Å². The average molecular weight is 274 g/mol. The lowest BCUT2D eigenvalue weighted by Crippen LogP contribution is -2.25. The van der Waals surface area contributed by atoms with Crippen LogP contribution in [0.5, 0.6) is 0 Å². The second kappa shape index (κ2) is 5.88. The van der Waals surface area contributed by atoms with Crippen molar-refractivity contribution in [2.75, 3.05) is 24.2 Å². The van der Waals surface area contributed by atoms with Crippen LogP contribution in [0.25, 0.3) is 0 Å². The number of nitriles is 1. The first-order chi connectivity index (χ1) is 9.07. The van der Waals surface area contributed by atoms with Crippen molar-refractivity contribution < 1.29 is 0 Å². The Morgan fingerprint density at radius 3 is 2.74 bits per heavy atom. The van der Waals surface area contributed by atoms with Gasteiger partial charge in [-0.05, 0) is 43.1 Å². The summed E-state index contributed by atoms with van der Waals surface area (Å²) in [6.45, 7) is 6.81. The normalized spacial score (nSPS) is 18.7. The fourth-order valence-electron chi connectivity index (χ4n) is 2.73. The molecule has 0 saturated carbocycles. The van der Waals surface area contributed by atoms with Gasteiger partial charge in [0.1, 0.15) is 6.07 Å². The maximum atomic E-state index is 9.44. The van der Waals surface area contributed by atoms with Crippen LogP contribution in [0, 0.1) is 16.7 Å². The van der Waals surface area contributed by atoms with E-state index in [-0.39, 0.29) is 0 Å². The molecule has 1 aliphatic rings. The van der Waals surface area contributed by atoms with Crippen molar-refractivity contribution in [1.82, 2.24) is 0 Å². The molecule has 0 aliphatic carbocycles. The summed E-state index contributed by atoms with van der Waals surface area (Å²) < 4.78 is 0. The number of benzene rings is 1. The summed E-state index contributed by atoms with van der Waals surface area (Å²) >= 11 is 1.65. The predicted octanol–water partition coefficient (Wildman–Crippen LogP) is 4.30. The van der Waals surface area contributed by atoms with E-state index in [4.69, 9.17) is 0 Å². The van der Waals surface area contributed by atoms with E-state index in [0.717, 1.165) is 29.2 Å². The maximum absolute atomic E-state index is 9.44. The molecule has 0 bridgehead atoms. The quantitative estimate of drug-likeness (QED) is 0.752. The first kappa shape index (κ1) is 14.3. The number of rotatable bonds is 2. The van der Waals surface area contributed by atoms with Crippen LogP contribution in [-0.4, -0.2) is 19.3 Å². The van der Waals surface area contributed by atoms with E-state index >= 15 is 0 Å². The highest BCUT2D eigenvalue weighted by Gasteiger charge is 2.24. The number of hydrogen-bond acceptors (Lipinski definition) is 3. The van der Waals surface area contributed by atoms with E-state index in [1.807, 2.05) is 12.3 Å². The minimum absolute atomic E-state index is 0.429. The molecule has 0 atom stereocenters. The lowest BCUT2D eigenvalue weighted by molar-refractivity contribution is 0.325. The largest absolute Gasteiger partial charge is 0.370 e. The second-order valence-electron chi connectivity index (χ2n) is 5.97. The SMILES string of the molecule is CSc1cccc(N2CCCC(C)(C)CC2)c1C#N. The lowest BCUT2D eigenvalue weighted by Gasteiger charge is -2.26. The highest BCUT2D eigenvalue weighted by Crippen LogP contribution is 2.34. The Hall–Kier alpha value is -1.14. The van der Waals surface area contributed by atoms with Crippen molar-refractivity contribution in [2.45, 2.75) is 38.0 Å². The Bertz CT molecular complexity index is 488. The van der Waals surface area contributed by atoms with E-state index < -0.39 is 0 Å². The van der Waals surface area contributed by atoms with Gasteiger partial charge in [-0.25, -0.2) is 0 Å². The van der Waals surface area contributed by atoms with Crippen LogP contribution in [0.15, 0.2) is 23.1 Å². The standard InChI is InChI=1S/C16H22N2S/c1-16(2)8-5-10-18(11-9-16)14-6-4-7-15(19-3)13(14)12-17/h4,6-7H,5,8-11H2,1-3H3. The van der Waals surface area contributed by atoms with Crippen molar-refractivity contribution in [3.63, 3.8) is 0 Å². The maximum Gasteiger partial charge on any atom is 0.103 e. The molecule has 1 heterocycles. The summed E-state index contributed by atoms with van der Waals surface area (Å²) in [5.41, 5.74) is 2.39. The van der Waals surface area contributed by atoms with E-state index in [2.05, 4.69) is 36.9 Å². The Balaban J connectivity index is 2.29. The minimum Gasteiger partial charge on any atom is -0.370 e. The smallest absolute Gasteiger partial charge is 0.103 e.